The van der Waals surface area contributed by atoms with Crippen molar-refractivity contribution in [3.8, 4) is 0 Å². The molecule has 1 amide bonds. The van der Waals surface area contributed by atoms with Gasteiger partial charge in [-0.15, -0.1) is 0 Å². The van der Waals surface area contributed by atoms with Gasteiger partial charge in [-0.1, -0.05) is 211 Å². The molecule has 0 spiro atoms. The Morgan fingerprint density at radius 2 is 0.877 bits per heavy atom. The summed E-state index contributed by atoms with van der Waals surface area (Å²) in [4.78, 5) is 13.2. The Hall–Kier alpha value is -1.79. The third kappa shape index (κ3) is 31.3. The number of unbranched alkanes of at least 4 members (excludes halogenated alkanes) is 30. The van der Waals surface area contributed by atoms with Crippen molar-refractivity contribution in [3.63, 3.8) is 0 Å². The zero-order valence-electron chi connectivity index (χ0n) is 45.9. The molecule has 428 valence electrons. The number of hydrogen-bond donors (Lipinski definition) is 9. The van der Waals surface area contributed by atoms with Gasteiger partial charge in [0.05, 0.1) is 32.0 Å². The summed E-state index contributed by atoms with van der Waals surface area (Å²) in [6, 6.07) is -0.929. The Morgan fingerprint density at radius 1 is 0.479 bits per heavy atom. The van der Waals surface area contributed by atoms with Crippen LogP contribution in [0.5, 0.6) is 0 Å². The maximum atomic E-state index is 13.2. The van der Waals surface area contributed by atoms with Crippen molar-refractivity contribution in [2.24, 2.45) is 0 Å². The number of hydrogen-bond acceptors (Lipinski definition) is 13. The van der Waals surface area contributed by atoms with Crippen molar-refractivity contribution in [1.29, 1.82) is 0 Å². The molecule has 2 heterocycles. The molecule has 0 aromatic carbocycles. The van der Waals surface area contributed by atoms with Crippen LogP contribution in [-0.4, -0.2) is 140 Å². The summed E-state index contributed by atoms with van der Waals surface area (Å²) in [5.74, 6) is -0.248. The van der Waals surface area contributed by atoms with Crippen molar-refractivity contribution < 1.29 is 64.6 Å². The van der Waals surface area contributed by atoms with Crippen LogP contribution >= 0.6 is 0 Å². The maximum Gasteiger partial charge on any atom is 0.220 e. The Balaban J connectivity index is 1.70. The van der Waals surface area contributed by atoms with Crippen molar-refractivity contribution >= 4 is 5.91 Å². The van der Waals surface area contributed by atoms with E-state index in [1.807, 2.05) is 6.08 Å². The van der Waals surface area contributed by atoms with E-state index < -0.39 is 86.8 Å². The average molecular weight is 1040 g/mol. The second-order valence-electron chi connectivity index (χ2n) is 21.1. The fourth-order valence-corrected chi connectivity index (χ4v) is 9.71. The lowest BCUT2D eigenvalue weighted by Crippen LogP contribution is -2.65. The van der Waals surface area contributed by atoms with Crippen molar-refractivity contribution in [2.75, 3.05) is 19.8 Å². The highest BCUT2D eigenvalue weighted by atomic mass is 16.7. The highest BCUT2D eigenvalue weighted by Crippen LogP contribution is 2.30. The van der Waals surface area contributed by atoms with Crippen LogP contribution in [0.2, 0.25) is 0 Å². The molecule has 2 rings (SSSR count). The number of ether oxygens (including phenoxy) is 4. The number of allylic oxidation sites excluding steroid dienone is 5. The number of carbonyl (C=O) groups excluding carboxylic acids is 1. The van der Waals surface area contributed by atoms with Gasteiger partial charge in [-0.2, -0.15) is 0 Å². The van der Waals surface area contributed by atoms with Gasteiger partial charge in [-0.3, -0.25) is 4.79 Å². The zero-order chi connectivity index (χ0) is 53.2. The maximum absolute atomic E-state index is 13.2. The minimum Gasteiger partial charge on any atom is -0.394 e. The predicted molar refractivity (Wildman–Crippen MR) is 291 cm³/mol. The van der Waals surface area contributed by atoms with Gasteiger partial charge in [0.15, 0.2) is 12.6 Å². The summed E-state index contributed by atoms with van der Waals surface area (Å²) >= 11 is 0. The Bertz CT molecular complexity index is 1370. The van der Waals surface area contributed by atoms with Crippen LogP contribution in [0.25, 0.3) is 0 Å². The number of amides is 1. The van der Waals surface area contributed by atoms with Crippen LogP contribution < -0.4 is 5.32 Å². The summed E-state index contributed by atoms with van der Waals surface area (Å²) in [5.41, 5.74) is 0. The van der Waals surface area contributed by atoms with E-state index in [1.54, 1.807) is 6.08 Å². The molecule has 73 heavy (non-hydrogen) atoms. The third-order valence-corrected chi connectivity index (χ3v) is 14.5. The second-order valence-corrected chi connectivity index (χ2v) is 21.1. The second kappa shape index (κ2) is 45.3. The first kappa shape index (κ1) is 67.3. The molecule has 2 aliphatic heterocycles. The van der Waals surface area contributed by atoms with Crippen LogP contribution in [0.1, 0.15) is 239 Å². The van der Waals surface area contributed by atoms with Gasteiger partial charge in [0.1, 0.15) is 48.8 Å². The van der Waals surface area contributed by atoms with Crippen molar-refractivity contribution in [1.82, 2.24) is 5.32 Å². The molecule has 0 aliphatic carbocycles. The predicted octanol–water partition coefficient (Wildman–Crippen LogP) is 9.83. The average Bonchev–Trinajstić information content (AvgIpc) is 3.39. The lowest BCUT2D eigenvalue weighted by atomic mass is 9.97. The van der Waals surface area contributed by atoms with Crippen LogP contribution in [-0.2, 0) is 23.7 Å². The highest BCUT2D eigenvalue weighted by Gasteiger charge is 2.51. The molecule has 0 aromatic rings. The minimum absolute atomic E-state index is 0.248. The Labute approximate surface area is 442 Å². The summed E-state index contributed by atoms with van der Waals surface area (Å²) in [7, 11) is 0. The van der Waals surface area contributed by atoms with Gasteiger partial charge in [0.2, 0.25) is 5.91 Å². The van der Waals surface area contributed by atoms with E-state index in [1.165, 1.54) is 173 Å². The molecule has 14 nitrogen and oxygen atoms in total. The lowest BCUT2D eigenvalue weighted by molar-refractivity contribution is -0.359. The zero-order valence-corrected chi connectivity index (χ0v) is 45.9. The quantitative estimate of drug-likeness (QED) is 0.0205. The van der Waals surface area contributed by atoms with E-state index >= 15 is 0 Å². The molecular weight excluding hydrogens is 931 g/mol. The first-order valence-corrected chi connectivity index (χ1v) is 29.7. The SMILES string of the molecule is CCCCCCCC/C=C/CC/C=C/C(O)C(COC1OC(CO)C(OC2OC(CO)C(O)C(O)C2O)C(O)C1O)NC(=O)CCCCCCCCCCCCCCCCC/C=C\CCCCCCCCCC. The lowest BCUT2D eigenvalue weighted by Gasteiger charge is -2.46. The van der Waals surface area contributed by atoms with Gasteiger partial charge in [0.25, 0.3) is 0 Å². The molecule has 12 atom stereocenters. The standard InChI is InChI=1S/C59H109NO13/c1-3-5-7-9-11-13-15-17-18-19-20-21-22-23-24-25-26-27-28-29-30-31-33-35-37-39-41-43-51(64)60-47(48(63)42-40-38-36-34-32-16-14-12-10-8-6-4-2)46-70-58-56(69)54(67)57(50(45-62)72-58)73-59-55(68)53(66)52(65)49(44-61)71-59/h19-20,32,34,40,42,47-50,52-59,61-63,65-69H,3-18,21-31,33,35-39,41,43-46H2,1-2H3,(H,60,64)/b20-19-,34-32+,42-40+. The largest absolute Gasteiger partial charge is 0.394 e. The number of aliphatic hydroxyl groups is 8. The summed E-state index contributed by atoms with van der Waals surface area (Å²) in [6.45, 7) is 2.76. The highest BCUT2D eigenvalue weighted by molar-refractivity contribution is 5.76. The van der Waals surface area contributed by atoms with E-state index in [0.29, 0.717) is 12.8 Å². The van der Waals surface area contributed by atoms with E-state index in [9.17, 15) is 45.6 Å². The van der Waals surface area contributed by atoms with Gasteiger partial charge < -0.3 is 65.1 Å². The topological polar surface area (TPSA) is 228 Å². The Kier molecular flexibility index (Phi) is 41.7. The molecule has 14 heteroatoms. The molecule has 0 saturated carbocycles. The van der Waals surface area contributed by atoms with E-state index in [-0.39, 0.29) is 18.9 Å². The molecule has 0 bridgehead atoms. The normalized spacial score (nSPS) is 25.6. The molecule has 0 radical (unpaired) electrons. The van der Waals surface area contributed by atoms with Gasteiger partial charge in [0, 0.05) is 6.42 Å². The van der Waals surface area contributed by atoms with Crippen molar-refractivity contribution in [3.05, 3.63) is 36.5 Å². The van der Waals surface area contributed by atoms with Gasteiger partial charge >= 0.3 is 0 Å². The molecule has 12 unspecified atom stereocenters. The van der Waals surface area contributed by atoms with Gasteiger partial charge in [-0.05, 0) is 57.8 Å². The Morgan fingerprint density at radius 3 is 1.34 bits per heavy atom. The molecule has 2 fully saturated rings. The summed E-state index contributed by atoms with van der Waals surface area (Å²) < 4.78 is 22.7. The third-order valence-electron chi connectivity index (χ3n) is 14.5. The van der Waals surface area contributed by atoms with Crippen LogP contribution in [0.4, 0.5) is 0 Å². The number of nitrogens with one attached hydrogen (secondary N) is 1. The number of aliphatic hydroxyl groups excluding tert-OH is 8. The van der Waals surface area contributed by atoms with Gasteiger partial charge in [-0.25, -0.2) is 0 Å². The molecular formula is C59H109NO13. The number of rotatable bonds is 47. The van der Waals surface area contributed by atoms with Crippen LogP contribution in [0.15, 0.2) is 36.5 Å². The molecule has 9 N–H and O–H groups in total. The van der Waals surface area contributed by atoms with E-state index in [0.717, 1.165) is 32.1 Å². The monoisotopic (exact) mass is 1040 g/mol. The fourth-order valence-electron chi connectivity index (χ4n) is 9.71. The first-order chi connectivity index (χ1) is 35.6. The van der Waals surface area contributed by atoms with Crippen molar-refractivity contribution in [2.45, 2.75) is 312 Å². The summed E-state index contributed by atoms with van der Waals surface area (Å²) in [6.07, 6.45) is 37.8. The van der Waals surface area contributed by atoms with E-state index in [2.05, 4.69) is 43.5 Å². The summed E-state index contributed by atoms with van der Waals surface area (Å²) in [5, 5.41) is 86.9. The minimum atomic E-state index is -1.79. The number of carbonyl (C=O) groups is 1. The van der Waals surface area contributed by atoms with Crippen LogP contribution in [0.3, 0.4) is 0 Å². The molecule has 2 saturated heterocycles. The smallest absolute Gasteiger partial charge is 0.220 e. The van der Waals surface area contributed by atoms with E-state index in [4.69, 9.17) is 18.9 Å². The van der Waals surface area contributed by atoms with Crippen LogP contribution in [0, 0.1) is 0 Å². The molecule has 2 aliphatic rings. The molecule has 0 aromatic heterocycles. The first-order valence-electron chi connectivity index (χ1n) is 29.7. The fraction of sp³-hybridized carbons (Fsp3) is 0.881.